The van der Waals surface area contributed by atoms with Crippen LogP contribution in [0.15, 0.2) is 87.8 Å². The Morgan fingerprint density at radius 1 is 1.17 bits per heavy atom. The van der Waals surface area contributed by atoms with Gasteiger partial charge in [-0.05, 0) is 80.7 Å². The molecule has 2 rings (SSSR count). The SMILES string of the molecule is C/C=C\SCC=N/C(CCOc1ccc(CC(C)(O/C2=C/C/C=C(/C(C)(C)CC)CC=C2)C(=O)O)cc1)=C(/C)OC. The highest BCUT2D eigenvalue weighted by molar-refractivity contribution is 8.02. The van der Waals surface area contributed by atoms with Crippen LogP contribution in [0.25, 0.3) is 0 Å². The van der Waals surface area contributed by atoms with Crippen LogP contribution in [-0.2, 0) is 20.7 Å². The first-order valence-electron chi connectivity index (χ1n) is 14.2. The highest BCUT2D eigenvalue weighted by Gasteiger charge is 2.36. The first-order chi connectivity index (χ1) is 19.5. The normalized spacial score (nSPS) is 18.9. The van der Waals surface area contributed by atoms with E-state index in [0.717, 1.165) is 35.6 Å². The first kappa shape index (κ1) is 34.0. The smallest absolute Gasteiger partial charge is 0.348 e. The van der Waals surface area contributed by atoms with Crippen molar-refractivity contribution in [2.45, 2.75) is 79.2 Å². The fourth-order valence-corrected chi connectivity index (χ4v) is 4.66. The topological polar surface area (TPSA) is 77.4 Å². The predicted octanol–water partition coefficient (Wildman–Crippen LogP) is 8.67. The highest BCUT2D eigenvalue weighted by atomic mass is 32.2. The summed E-state index contributed by atoms with van der Waals surface area (Å²) in [5.74, 6) is 1.83. The fourth-order valence-electron chi connectivity index (χ4n) is 4.19. The van der Waals surface area contributed by atoms with E-state index in [1.54, 1.807) is 25.8 Å². The molecule has 1 unspecified atom stereocenters. The predicted molar refractivity (Wildman–Crippen MR) is 171 cm³/mol. The van der Waals surface area contributed by atoms with Crippen LogP contribution in [0.3, 0.4) is 0 Å². The average Bonchev–Trinajstić information content (AvgIpc) is 2.93. The number of rotatable bonds is 16. The number of carboxylic acids is 1. The summed E-state index contributed by atoms with van der Waals surface area (Å²) in [5, 5.41) is 12.1. The number of carbonyl (C=O) groups is 1. The molecule has 1 atom stereocenters. The number of allylic oxidation sites excluding steroid dienone is 7. The van der Waals surface area contributed by atoms with E-state index in [2.05, 4.69) is 37.9 Å². The van der Waals surface area contributed by atoms with Crippen LogP contribution in [0.1, 0.15) is 72.8 Å². The van der Waals surface area contributed by atoms with Gasteiger partial charge in [0.1, 0.15) is 17.3 Å². The van der Waals surface area contributed by atoms with E-state index in [9.17, 15) is 9.90 Å². The van der Waals surface area contributed by atoms with Gasteiger partial charge < -0.3 is 19.3 Å². The van der Waals surface area contributed by atoms with Gasteiger partial charge in [0.15, 0.2) is 0 Å². The number of aliphatic imine (C=N–C) groups is 1. The molecule has 1 N–H and O–H groups in total. The van der Waals surface area contributed by atoms with Gasteiger partial charge in [-0.3, -0.25) is 4.99 Å². The van der Waals surface area contributed by atoms with Crippen LogP contribution in [0.2, 0.25) is 0 Å². The molecule has 0 bridgehead atoms. The van der Waals surface area contributed by atoms with Gasteiger partial charge in [-0.25, -0.2) is 4.79 Å². The second-order valence-corrected chi connectivity index (χ2v) is 11.7. The van der Waals surface area contributed by atoms with Gasteiger partial charge in [0.05, 0.1) is 19.4 Å². The van der Waals surface area contributed by atoms with E-state index in [1.807, 2.05) is 68.0 Å². The van der Waals surface area contributed by atoms with Gasteiger partial charge in [0.25, 0.3) is 0 Å². The summed E-state index contributed by atoms with van der Waals surface area (Å²) in [6.07, 6.45) is 15.5. The molecule has 0 saturated carbocycles. The van der Waals surface area contributed by atoms with E-state index in [1.165, 1.54) is 5.57 Å². The standard InChI is InChI=1S/C34H47NO5S/c1-8-23-41-24-21-35-31(26(3)38-7)20-22-39-29-18-16-27(17-19-29)25-34(6,32(36)37)40-30-14-10-12-28(13-11-15-30)33(4,5)9-2/h8,10,13-19,21,23H,9,11-12,20,22,24-25H2,1-7H3,(H,36,37)/b14-10?,23-8-,28-13+,30-15+,31-26-,35-21?. The lowest BCUT2D eigenvalue weighted by Crippen LogP contribution is -2.40. The van der Waals surface area contributed by atoms with Crippen molar-refractivity contribution in [1.82, 2.24) is 0 Å². The summed E-state index contributed by atoms with van der Waals surface area (Å²) in [7, 11) is 1.64. The van der Waals surface area contributed by atoms with Crippen molar-refractivity contribution in [3.05, 3.63) is 88.4 Å². The number of ether oxygens (including phenoxy) is 3. The summed E-state index contributed by atoms with van der Waals surface area (Å²) in [5.41, 5.74) is 1.82. The van der Waals surface area contributed by atoms with Gasteiger partial charge >= 0.3 is 5.97 Å². The van der Waals surface area contributed by atoms with E-state index < -0.39 is 11.6 Å². The van der Waals surface area contributed by atoms with Gasteiger partial charge in [0, 0.05) is 24.8 Å². The molecule has 1 aromatic carbocycles. The summed E-state index contributed by atoms with van der Waals surface area (Å²) >= 11 is 1.68. The van der Waals surface area contributed by atoms with Crippen molar-refractivity contribution >= 4 is 23.9 Å². The maximum atomic E-state index is 12.3. The Labute approximate surface area is 251 Å². The summed E-state index contributed by atoms with van der Waals surface area (Å²) < 4.78 is 17.4. The molecular formula is C34H47NO5S. The maximum Gasteiger partial charge on any atom is 0.348 e. The molecule has 0 fully saturated rings. The lowest BCUT2D eigenvalue weighted by atomic mass is 9.79. The molecule has 6 nitrogen and oxygen atoms in total. The summed E-state index contributed by atoms with van der Waals surface area (Å²) in [6.45, 7) is 12.7. The molecule has 1 aliphatic rings. The van der Waals surface area contributed by atoms with Crippen LogP contribution in [0.4, 0.5) is 0 Å². The Bertz CT molecular complexity index is 1170. The average molecular weight is 582 g/mol. The zero-order valence-electron chi connectivity index (χ0n) is 25.7. The third kappa shape index (κ3) is 11.3. The van der Waals surface area contributed by atoms with Crippen LogP contribution in [0, 0.1) is 5.41 Å². The van der Waals surface area contributed by atoms with Crippen molar-refractivity contribution in [3.63, 3.8) is 0 Å². The Kier molecular flexibility index (Phi) is 14.0. The minimum atomic E-state index is -1.41. The third-order valence-electron chi connectivity index (χ3n) is 7.29. The number of thioether (sulfide) groups is 1. The Morgan fingerprint density at radius 2 is 1.90 bits per heavy atom. The summed E-state index contributed by atoms with van der Waals surface area (Å²) in [4.78, 5) is 16.9. The molecule has 0 spiro atoms. The van der Waals surface area contributed by atoms with Gasteiger partial charge in [0.2, 0.25) is 5.60 Å². The Balaban J connectivity index is 2.01. The van der Waals surface area contributed by atoms with Crippen LogP contribution >= 0.6 is 11.8 Å². The van der Waals surface area contributed by atoms with Crippen molar-refractivity contribution < 1.29 is 24.1 Å². The summed E-state index contributed by atoms with van der Waals surface area (Å²) in [6, 6.07) is 7.49. The zero-order valence-corrected chi connectivity index (χ0v) is 26.6. The zero-order chi connectivity index (χ0) is 30.3. The van der Waals surface area contributed by atoms with Crippen molar-refractivity contribution in [2.75, 3.05) is 19.5 Å². The molecule has 0 amide bonds. The minimum absolute atomic E-state index is 0.142. The molecule has 0 aliphatic heterocycles. The van der Waals surface area contributed by atoms with Gasteiger partial charge in [-0.2, -0.15) is 0 Å². The van der Waals surface area contributed by atoms with Crippen molar-refractivity contribution in [1.29, 1.82) is 0 Å². The van der Waals surface area contributed by atoms with Crippen molar-refractivity contribution in [2.24, 2.45) is 10.4 Å². The molecule has 1 aromatic rings. The molecule has 1 aliphatic carbocycles. The van der Waals surface area contributed by atoms with Crippen LogP contribution in [0.5, 0.6) is 5.75 Å². The maximum absolute atomic E-state index is 12.3. The fraction of sp³-hybridized carbons (Fsp3) is 0.471. The van der Waals surface area contributed by atoms with E-state index >= 15 is 0 Å². The molecule has 0 aromatic heterocycles. The lowest BCUT2D eigenvalue weighted by molar-refractivity contribution is -0.158. The monoisotopic (exact) mass is 581 g/mol. The highest BCUT2D eigenvalue weighted by Crippen LogP contribution is 2.34. The number of benzene rings is 1. The largest absolute Gasteiger partial charge is 0.500 e. The quantitative estimate of drug-likeness (QED) is 0.0911. The molecule has 7 heteroatoms. The number of methoxy groups -OCH3 is 1. The molecule has 224 valence electrons. The molecule has 0 heterocycles. The van der Waals surface area contributed by atoms with E-state index in [4.69, 9.17) is 14.2 Å². The Hall–Kier alpha value is -3.19. The second-order valence-electron chi connectivity index (χ2n) is 10.8. The van der Waals surface area contributed by atoms with Crippen LogP contribution in [-0.4, -0.2) is 42.4 Å². The molecule has 0 saturated heterocycles. The number of nitrogens with zero attached hydrogens (tertiary/aromatic N) is 1. The number of hydrogen-bond acceptors (Lipinski definition) is 6. The molecule has 41 heavy (non-hydrogen) atoms. The molecule has 0 radical (unpaired) electrons. The Morgan fingerprint density at radius 3 is 2.54 bits per heavy atom. The second kappa shape index (κ2) is 16.9. The molecular weight excluding hydrogens is 534 g/mol. The minimum Gasteiger partial charge on any atom is -0.500 e. The van der Waals surface area contributed by atoms with E-state index in [-0.39, 0.29) is 11.8 Å². The number of carboxylic acid groups (broad SMARTS) is 1. The van der Waals surface area contributed by atoms with Crippen LogP contribution < -0.4 is 4.74 Å². The number of hydrogen-bond donors (Lipinski definition) is 1. The third-order valence-corrected chi connectivity index (χ3v) is 8.09. The first-order valence-corrected chi connectivity index (χ1v) is 15.3. The van der Waals surface area contributed by atoms with E-state index in [0.29, 0.717) is 31.0 Å². The van der Waals surface area contributed by atoms with Crippen molar-refractivity contribution in [3.8, 4) is 5.75 Å². The van der Waals surface area contributed by atoms with Gasteiger partial charge in [-0.1, -0.05) is 56.7 Å². The lowest BCUT2D eigenvalue weighted by Gasteiger charge is -2.29. The number of aliphatic carboxylic acids is 1. The van der Waals surface area contributed by atoms with Gasteiger partial charge in [-0.15, -0.1) is 11.8 Å².